The minimum absolute atomic E-state index is 0.0311. The molecule has 9 heteroatoms. The Morgan fingerprint density at radius 1 is 1.86 bits per heavy atom. The maximum atomic E-state index is 12.5. The molecule has 1 amide bonds. The molecule has 0 spiro atoms. The highest BCUT2D eigenvalue weighted by molar-refractivity contribution is 14.1. The van der Waals surface area contributed by atoms with Crippen LogP contribution in [0.1, 0.15) is 0 Å². The molecule has 14 heavy (non-hydrogen) atoms. The van der Waals surface area contributed by atoms with Crippen molar-refractivity contribution in [3.05, 3.63) is 0 Å². The summed E-state index contributed by atoms with van der Waals surface area (Å²) < 4.78 is 27.1. The van der Waals surface area contributed by atoms with Gasteiger partial charge >= 0.3 is 0 Å². The molecule has 1 unspecified atom stereocenters. The Hall–Kier alpha value is 0.760. The Morgan fingerprint density at radius 3 is 2.71 bits per heavy atom. The second kappa shape index (κ2) is 7.98. The maximum Gasteiger partial charge on any atom is 0.270 e. The number of carbonyl (C=O) groups excluding carboxylic acids is 2. The first kappa shape index (κ1) is 11.3. The van der Waals surface area contributed by atoms with Crippen molar-refractivity contribution < 1.29 is 14.1 Å². The highest BCUT2D eigenvalue weighted by Crippen LogP contribution is 2.03. The molecule has 0 aromatic heterocycles. The Labute approximate surface area is 106 Å². The molecule has 0 aliphatic heterocycles. The molecule has 0 rings (SSSR count). The van der Waals surface area contributed by atoms with Crippen LogP contribution >= 0.6 is 42.6 Å². The summed E-state index contributed by atoms with van der Waals surface area (Å²) in [5.74, 6) is 0.0311. The number of carbonyl (C=O) groups is 2. The minimum atomic E-state index is -4.52. The van der Waals surface area contributed by atoms with Gasteiger partial charge in [-0.3, -0.25) is 9.59 Å². The Morgan fingerprint density at radius 2 is 2.43 bits per heavy atom. The fourth-order valence-electron chi connectivity index (χ4n) is 0.525. The van der Waals surface area contributed by atoms with E-state index in [1.54, 1.807) is 0 Å². The second-order valence-corrected chi connectivity index (χ2v) is 7.09. The zero-order chi connectivity index (χ0) is 13.0. The number of nitrogens with one attached hydrogen (secondary N) is 2. The normalized spacial score (nSPS) is 18.7. The van der Waals surface area contributed by atoms with Gasteiger partial charge in [-0.1, -0.05) is 7.36 Å². The zero-order valence-corrected chi connectivity index (χ0v) is 11.9. The molecule has 2 N–H and O–H groups in total. The van der Waals surface area contributed by atoms with Gasteiger partial charge in [-0.05, 0) is 6.66 Å². The van der Waals surface area contributed by atoms with Crippen molar-refractivity contribution in [2.45, 2.75) is 6.04 Å². The number of rotatable bonds is 4. The van der Waals surface area contributed by atoms with E-state index in [4.69, 9.17) is 2.25 Å². The van der Waals surface area contributed by atoms with Gasteiger partial charge in [0.05, 0.1) is 0 Å². The van der Waals surface area contributed by atoms with E-state index in [-0.39, 0.29) is 16.9 Å². The van der Waals surface area contributed by atoms with Crippen molar-refractivity contribution in [1.82, 2.24) is 10.3 Å². The summed E-state index contributed by atoms with van der Waals surface area (Å²) in [6.07, 6.45) is 0. The van der Waals surface area contributed by atoms with E-state index in [0.29, 0.717) is 0 Å². The van der Waals surface area contributed by atoms with Crippen LogP contribution in [0.5, 0.6) is 0 Å². The van der Waals surface area contributed by atoms with Gasteiger partial charge in [-0.15, -0.1) is 19.5 Å². The number of amides is 1. The standard InChI is InChI=1S/C5H11FIN2O2PS2/c1-12-14(9-6)5(11)8-3(2-13)4(7)10/h3,9,13H,2,14H2,1H3,(H,8,11)/i14T2. The van der Waals surface area contributed by atoms with Crippen LogP contribution in [0.25, 0.3) is 0 Å². The number of hydrogen-bond acceptors (Lipinski definition) is 3. The molecule has 1 atom stereocenters. The van der Waals surface area contributed by atoms with E-state index in [9.17, 15) is 14.1 Å². The summed E-state index contributed by atoms with van der Waals surface area (Å²) in [7, 11) is -4.58. The molecule has 0 heterocycles. The van der Waals surface area contributed by atoms with Gasteiger partial charge in [0.1, 0.15) is 8.29 Å². The molecule has 4 nitrogen and oxygen atoms in total. The topological polar surface area (TPSA) is 58.2 Å². The Balaban J connectivity index is 5.04. The largest absolute Gasteiger partial charge is 0.336 e. The van der Waals surface area contributed by atoms with Crippen LogP contribution in [0.4, 0.5) is 9.28 Å². The van der Waals surface area contributed by atoms with Crippen LogP contribution in [0.15, 0.2) is 0 Å². The lowest BCUT2D eigenvalue weighted by Gasteiger charge is -2.14. The third-order valence-electron chi connectivity index (χ3n) is 1.18. The smallest absolute Gasteiger partial charge is 0.270 e. The summed E-state index contributed by atoms with van der Waals surface area (Å²) in [5.41, 5.74) is 0. The summed E-state index contributed by atoms with van der Waals surface area (Å²) in [4.78, 5) is 23.6. The molecule has 0 aliphatic carbocycles. The fourth-order valence-corrected chi connectivity index (χ4v) is 2.93. The lowest BCUT2D eigenvalue weighted by Crippen LogP contribution is -2.42. The molecule has 0 saturated heterocycles. The SMILES string of the molecule is [3H]S([3H])(NF)(=PC)C(=O)NC(CS)C(=O)I. The van der Waals surface area contributed by atoms with Gasteiger partial charge in [0, 0.05) is 28.3 Å². The number of hydrogen-bond donors (Lipinski definition) is 3. The lowest BCUT2D eigenvalue weighted by molar-refractivity contribution is -0.110. The average Bonchev–Trinajstić information content (AvgIpc) is 2.25. The first-order valence-corrected chi connectivity index (χ1v) is 8.26. The van der Waals surface area contributed by atoms with Crippen molar-refractivity contribution in [3.8, 4) is 0 Å². The summed E-state index contributed by atoms with van der Waals surface area (Å²) >= 11 is 5.31. The average molecular weight is 376 g/mol. The minimum Gasteiger partial charge on any atom is -0.336 e. The summed E-state index contributed by atoms with van der Waals surface area (Å²) in [6.45, 7) is 1.33. The predicted molar refractivity (Wildman–Crippen MR) is 72.4 cm³/mol. The van der Waals surface area contributed by atoms with Crippen molar-refractivity contribution in [2.24, 2.45) is 0 Å². The van der Waals surface area contributed by atoms with Gasteiger partial charge in [0.2, 0.25) is 3.79 Å². The highest BCUT2D eigenvalue weighted by Gasteiger charge is 2.16. The van der Waals surface area contributed by atoms with Crippen molar-refractivity contribution in [2.75, 3.05) is 12.4 Å². The molecule has 0 fully saturated rings. The number of thiol groups is 1. The molecule has 0 aliphatic rings. The lowest BCUT2D eigenvalue weighted by atomic mass is 10.4. The second-order valence-electron chi connectivity index (χ2n) is 2.02. The van der Waals surface area contributed by atoms with Crippen molar-refractivity contribution in [3.63, 3.8) is 0 Å². The molecule has 0 aromatic carbocycles. The third-order valence-corrected chi connectivity index (χ3v) is 5.08. The van der Waals surface area contributed by atoms with Crippen LogP contribution in [-0.2, 0) is 14.9 Å². The van der Waals surface area contributed by atoms with E-state index >= 15 is 0 Å². The zero-order valence-electron chi connectivity index (χ0n) is 9.16. The Bertz CT molecular complexity index is 377. The van der Waals surface area contributed by atoms with E-state index in [0.717, 1.165) is 4.94 Å². The molecular formula is C5H11FIN2O2PS2. The van der Waals surface area contributed by atoms with Gasteiger partial charge in [-0.25, -0.2) is 0 Å². The van der Waals surface area contributed by atoms with E-state index in [1.165, 1.54) is 29.3 Å². The van der Waals surface area contributed by atoms with Gasteiger partial charge in [0.15, 0.2) is 0 Å². The summed E-state index contributed by atoms with van der Waals surface area (Å²) in [5, 5.41) is 1.01. The highest BCUT2D eigenvalue weighted by atomic mass is 127. The first-order valence-electron chi connectivity index (χ1n) is 4.19. The molecule has 0 aromatic rings. The molecular weight excluding hydrogens is 361 g/mol. The van der Waals surface area contributed by atoms with Crippen molar-refractivity contribution in [1.29, 1.82) is 2.25 Å². The van der Waals surface area contributed by atoms with E-state index in [2.05, 4.69) is 17.9 Å². The van der Waals surface area contributed by atoms with Crippen molar-refractivity contribution >= 4 is 61.7 Å². The van der Waals surface area contributed by atoms with Gasteiger partial charge in [-0.2, -0.15) is 12.6 Å². The van der Waals surface area contributed by atoms with Crippen LogP contribution in [0.2, 0.25) is 0 Å². The molecule has 0 radical (unpaired) electrons. The first-order chi connectivity index (χ1) is 7.20. The van der Waals surface area contributed by atoms with E-state index in [1.807, 2.05) is 0 Å². The quantitative estimate of drug-likeness (QED) is 0.225. The number of halogens is 2. The van der Waals surface area contributed by atoms with Gasteiger partial charge < -0.3 is 5.32 Å². The van der Waals surface area contributed by atoms with Gasteiger partial charge in [0.25, 0.3) is 5.24 Å². The predicted octanol–water partition coefficient (Wildman–Crippen LogP) is 0.919. The molecule has 0 saturated carbocycles. The van der Waals surface area contributed by atoms with Crippen LogP contribution in [0.3, 0.4) is 0 Å². The Kier molecular flexibility index (Phi) is 6.41. The van der Waals surface area contributed by atoms with Crippen LogP contribution in [-0.4, -0.2) is 29.7 Å². The molecule has 84 valence electrons. The van der Waals surface area contributed by atoms with Crippen LogP contribution in [0, 0.1) is 0 Å². The monoisotopic (exact) mass is 376 g/mol. The fraction of sp³-hybridized carbons (Fsp3) is 0.600. The van der Waals surface area contributed by atoms with Crippen LogP contribution < -0.4 is 10.3 Å². The van der Waals surface area contributed by atoms with E-state index < -0.39 is 21.3 Å². The maximum absolute atomic E-state index is 12.5. The summed E-state index contributed by atoms with van der Waals surface area (Å²) in [6, 6.07) is -0.919. The molecule has 0 bridgehead atoms. The third kappa shape index (κ3) is 5.01.